The molecule has 1 atom stereocenters. The molecule has 1 amide bonds. The van der Waals surface area contributed by atoms with E-state index in [0.29, 0.717) is 26.2 Å². The Morgan fingerprint density at radius 2 is 1.93 bits per heavy atom. The molecular weight excluding hydrogens is 444 g/mol. The van der Waals surface area contributed by atoms with E-state index in [2.05, 4.69) is 15.9 Å². The first-order valence-corrected chi connectivity index (χ1v) is 10.7. The molecule has 1 saturated heterocycles. The molecule has 6 heteroatoms. The summed E-state index contributed by atoms with van der Waals surface area (Å²) >= 11 is 3.43. The number of nitrogens with zero attached hydrogens (tertiary/aromatic N) is 2. The Hall–Kier alpha value is -2.70. The number of hydrogen-bond donors (Lipinski definition) is 0. The summed E-state index contributed by atoms with van der Waals surface area (Å²) in [6, 6.07) is 19.3. The van der Waals surface area contributed by atoms with E-state index >= 15 is 0 Å². The molecule has 0 N–H and O–H groups in total. The first kappa shape index (κ1) is 20.6. The van der Waals surface area contributed by atoms with E-state index in [0.717, 1.165) is 21.2 Å². The second-order valence-electron chi connectivity index (χ2n) is 7.51. The average molecular weight is 467 g/mol. The third kappa shape index (κ3) is 4.55. The highest BCUT2D eigenvalue weighted by Gasteiger charge is 2.27. The lowest BCUT2D eigenvalue weighted by molar-refractivity contribution is -0.0229. The maximum Gasteiger partial charge on any atom is 0.263 e. The Morgan fingerprint density at radius 3 is 2.70 bits per heavy atom. The number of halogens is 1. The third-order valence-electron chi connectivity index (χ3n) is 5.28. The number of morpholine rings is 1. The van der Waals surface area contributed by atoms with Gasteiger partial charge in [0.2, 0.25) is 0 Å². The summed E-state index contributed by atoms with van der Waals surface area (Å²) in [6.45, 7) is 3.79. The van der Waals surface area contributed by atoms with E-state index in [4.69, 9.17) is 4.74 Å². The van der Waals surface area contributed by atoms with E-state index in [1.54, 1.807) is 27.8 Å². The van der Waals surface area contributed by atoms with Crippen LogP contribution in [0.1, 0.15) is 33.2 Å². The van der Waals surface area contributed by atoms with Crippen LogP contribution in [0.15, 0.2) is 76.1 Å². The minimum absolute atomic E-state index is 0.196. The van der Waals surface area contributed by atoms with Crippen LogP contribution in [0.3, 0.4) is 0 Å². The van der Waals surface area contributed by atoms with Crippen LogP contribution in [0, 0.1) is 6.92 Å². The molecule has 1 fully saturated rings. The predicted octanol–water partition coefficient (Wildman–Crippen LogP) is 4.18. The molecule has 4 rings (SSSR count). The van der Waals surface area contributed by atoms with Gasteiger partial charge in [0, 0.05) is 17.2 Å². The molecule has 0 spiro atoms. The normalized spacial score (nSPS) is 16.5. The Morgan fingerprint density at radius 1 is 1.13 bits per heavy atom. The number of benzene rings is 2. The van der Waals surface area contributed by atoms with Crippen LogP contribution in [0.4, 0.5) is 0 Å². The van der Waals surface area contributed by atoms with Crippen LogP contribution in [0.25, 0.3) is 0 Å². The molecule has 0 bridgehead atoms. The zero-order chi connectivity index (χ0) is 21.1. The lowest BCUT2D eigenvalue weighted by atomic mass is 10.1. The smallest absolute Gasteiger partial charge is 0.263 e. The Labute approximate surface area is 184 Å². The predicted molar refractivity (Wildman–Crippen MR) is 120 cm³/mol. The van der Waals surface area contributed by atoms with Crippen LogP contribution >= 0.6 is 15.9 Å². The second-order valence-corrected chi connectivity index (χ2v) is 8.42. The van der Waals surface area contributed by atoms with Gasteiger partial charge in [-0.25, -0.2) is 0 Å². The van der Waals surface area contributed by atoms with Gasteiger partial charge < -0.3 is 14.2 Å². The van der Waals surface area contributed by atoms with Crippen molar-refractivity contribution in [2.75, 3.05) is 19.7 Å². The highest BCUT2D eigenvalue weighted by molar-refractivity contribution is 9.10. The molecule has 5 nitrogen and oxygen atoms in total. The molecule has 2 aromatic carbocycles. The van der Waals surface area contributed by atoms with Crippen molar-refractivity contribution >= 4 is 21.8 Å². The van der Waals surface area contributed by atoms with Gasteiger partial charge in [-0.15, -0.1) is 0 Å². The maximum atomic E-state index is 13.2. The van der Waals surface area contributed by atoms with E-state index in [9.17, 15) is 9.59 Å². The van der Waals surface area contributed by atoms with E-state index in [1.807, 2.05) is 55.5 Å². The van der Waals surface area contributed by atoms with Gasteiger partial charge >= 0.3 is 0 Å². The van der Waals surface area contributed by atoms with Crippen molar-refractivity contribution in [3.63, 3.8) is 0 Å². The van der Waals surface area contributed by atoms with Crippen molar-refractivity contribution in [3.8, 4) is 0 Å². The molecule has 3 aromatic rings. The van der Waals surface area contributed by atoms with Crippen molar-refractivity contribution in [1.29, 1.82) is 0 Å². The SMILES string of the molecule is Cc1cccc(Cn2cccc(C(=O)N3CCOC(c4ccc(Br)cc4)C3)c2=O)c1. The third-order valence-corrected chi connectivity index (χ3v) is 5.81. The highest BCUT2D eigenvalue weighted by Crippen LogP contribution is 2.24. The van der Waals surface area contributed by atoms with Gasteiger partial charge in [0.15, 0.2) is 0 Å². The summed E-state index contributed by atoms with van der Waals surface area (Å²) in [5.74, 6) is -0.246. The van der Waals surface area contributed by atoms with Crippen LogP contribution in [-0.2, 0) is 11.3 Å². The molecule has 30 heavy (non-hydrogen) atoms. The van der Waals surface area contributed by atoms with Gasteiger partial charge in [-0.3, -0.25) is 9.59 Å². The van der Waals surface area contributed by atoms with Gasteiger partial charge in [-0.2, -0.15) is 0 Å². The molecule has 1 unspecified atom stereocenters. The molecular formula is C24H23BrN2O3. The van der Waals surface area contributed by atoms with Crippen LogP contribution in [0.2, 0.25) is 0 Å². The lowest BCUT2D eigenvalue weighted by Gasteiger charge is -2.33. The first-order valence-electron chi connectivity index (χ1n) is 9.92. The fourth-order valence-corrected chi connectivity index (χ4v) is 3.98. The van der Waals surface area contributed by atoms with Gasteiger partial charge in [0.25, 0.3) is 11.5 Å². The summed E-state index contributed by atoms with van der Waals surface area (Å²) in [6.07, 6.45) is 1.53. The molecule has 0 radical (unpaired) electrons. The summed E-state index contributed by atoms with van der Waals surface area (Å²) in [5.41, 5.74) is 3.11. The fraction of sp³-hybridized carbons (Fsp3) is 0.250. The van der Waals surface area contributed by atoms with Gasteiger partial charge in [-0.05, 0) is 42.3 Å². The number of carbonyl (C=O) groups is 1. The summed E-state index contributed by atoms with van der Waals surface area (Å²) in [4.78, 5) is 27.9. The van der Waals surface area contributed by atoms with Crippen LogP contribution in [-0.4, -0.2) is 35.1 Å². The molecule has 0 aliphatic carbocycles. The van der Waals surface area contributed by atoms with Crippen LogP contribution in [0.5, 0.6) is 0 Å². The fourth-order valence-electron chi connectivity index (χ4n) is 3.71. The average Bonchev–Trinajstić information content (AvgIpc) is 2.75. The molecule has 2 heterocycles. The minimum atomic E-state index is -0.268. The van der Waals surface area contributed by atoms with E-state index in [1.165, 1.54) is 0 Å². The minimum Gasteiger partial charge on any atom is -0.370 e. The first-order chi connectivity index (χ1) is 14.5. The lowest BCUT2D eigenvalue weighted by Crippen LogP contribution is -2.44. The summed E-state index contributed by atoms with van der Waals surface area (Å²) in [7, 11) is 0. The zero-order valence-corrected chi connectivity index (χ0v) is 18.3. The maximum absolute atomic E-state index is 13.2. The number of hydrogen-bond acceptors (Lipinski definition) is 3. The van der Waals surface area contributed by atoms with Crippen molar-refractivity contribution in [2.24, 2.45) is 0 Å². The van der Waals surface area contributed by atoms with Crippen molar-refractivity contribution < 1.29 is 9.53 Å². The number of aromatic nitrogens is 1. The number of ether oxygens (including phenoxy) is 1. The number of aryl methyl sites for hydroxylation is 1. The molecule has 1 aliphatic rings. The molecule has 1 aromatic heterocycles. The topological polar surface area (TPSA) is 51.5 Å². The van der Waals surface area contributed by atoms with Gasteiger partial charge in [0.1, 0.15) is 11.7 Å². The number of rotatable bonds is 4. The highest BCUT2D eigenvalue weighted by atomic mass is 79.9. The quantitative estimate of drug-likeness (QED) is 0.579. The van der Waals surface area contributed by atoms with Gasteiger partial charge in [0.05, 0.1) is 19.7 Å². The van der Waals surface area contributed by atoms with E-state index < -0.39 is 0 Å². The van der Waals surface area contributed by atoms with Crippen molar-refractivity contribution in [2.45, 2.75) is 19.6 Å². The monoisotopic (exact) mass is 466 g/mol. The Kier molecular flexibility index (Phi) is 6.16. The largest absolute Gasteiger partial charge is 0.370 e. The number of amides is 1. The van der Waals surface area contributed by atoms with Gasteiger partial charge in [-0.1, -0.05) is 57.9 Å². The number of carbonyl (C=O) groups excluding carboxylic acids is 1. The molecule has 0 saturated carbocycles. The zero-order valence-electron chi connectivity index (χ0n) is 16.8. The van der Waals surface area contributed by atoms with Crippen molar-refractivity contribution in [3.05, 3.63) is 104 Å². The Bertz CT molecular complexity index is 1110. The van der Waals surface area contributed by atoms with E-state index in [-0.39, 0.29) is 23.1 Å². The van der Waals surface area contributed by atoms with Crippen LogP contribution < -0.4 is 5.56 Å². The summed E-state index contributed by atoms with van der Waals surface area (Å²) < 4.78 is 8.46. The second kappa shape index (κ2) is 8.98. The molecule has 154 valence electrons. The summed E-state index contributed by atoms with van der Waals surface area (Å²) in [5, 5.41) is 0. The standard InChI is InChI=1S/C24H23BrN2O3/c1-17-4-2-5-18(14-17)15-26-11-3-6-21(23(26)28)24(29)27-12-13-30-22(16-27)19-7-9-20(25)10-8-19/h2-11,14,22H,12-13,15-16H2,1H3. The Balaban J connectivity index is 1.54. The molecule has 1 aliphatic heterocycles. The van der Waals surface area contributed by atoms with Crippen molar-refractivity contribution in [1.82, 2.24) is 9.47 Å². The number of pyridine rings is 1.